The summed E-state index contributed by atoms with van der Waals surface area (Å²) in [6, 6.07) is 1.80. The number of hydrogen-bond donors (Lipinski definition) is 0. The zero-order valence-electron chi connectivity index (χ0n) is 18.9. The molecule has 0 saturated heterocycles. The number of hydrogen-bond acceptors (Lipinski definition) is 5. The van der Waals surface area contributed by atoms with Gasteiger partial charge in [-0.2, -0.15) is 21.6 Å². The second-order valence-corrected chi connectivity index (χ2v) is 10.9. The highest BCUT2D eigenvalue weighted by Crippen LogP contribution is 2.63. The Morgan fingerprint density at radius 3 is 2.16 bits per heavy atom. The summed E-state index contributed by atoms with van der Waals surface area (Å²) < 4.78 is 80.3. The van der Waals surface area contributed by atoms with E-state index in [4.69, 9.17) is 13.7 Å². The van der Waals surface area contributed by atoms with Crippen LogP contribution >= 0.6 is 0 Å². The lowest BCUT2D eigenvalue weighted by Crippen LogP contribution is -2.36. The molecule has 0 spiro atoms. The Hall–Kier alpha value is -1.90. The van der Waals surface area contributed by atoms with Gasteiger partial charge in [0.25, 0.3) is 0 Å². The largest absolute Gasteiger partial charge is 0.534 e. The summed E-state index contributed by atoms with van der Waals surface area (Å²) in [6.45, 7) is 9.54. The van der Waals surface area contributed by atoms with Crippen molar-refractivity contribution >= 4 is 15.9 Å². The number of allylic oxidation sites excluding steroid dienone is 1. The second-order valence-electron chi connectivity index (χ2n) is 9.36. The van der Waals surface area contributed by atoms with Crippen molar-refractivity contribution in [2.45, 2.75) is 70.7 Å². The van der Waals surface area contributed by atoms with Crippen LogP contribution in [0, 0.1) is 5.41 Å². The fraction of sp³-hybridized carbons (Fsp3) is 0.636. The zero-order chi connectivity index (χ0) is 23.6. The second kappa shape index (κ2) is 7.32. The first kappa shape index (κ1) is 23.8. The molecule has 5 nitrogen and oxygen atoms in total. The summed E-state index contributed by atoms with van der Waals surface area (Å²) in [4.78, 5) is 0. The Labute approximate surface area is 181 Å². The number of rotatable bonds is 5. The highest BCUT2D eigenvalue weighted by Gasteiger charge is 2.56. The molecule has 174 valence electrons. The monoisotopic (exact) mass is 462 g/mol. The fourth-order valence-electron chi connectivity index (χ4n) is 5.31. The molecule has 0 heterocycles. The van der Waals surface area contributed by atoms with Crippen LogP contribution in [-0.2, 0) is 19.7 Å². The minimum atomic E-state index is -5.87. The van der Waals surface area contributed by atoms with E-state index < -0.39 is 26.5 Å². The van der Waals surface area contributed by atoms with Gasteiger partial charge in [-0.05, 0) is 41.4 Å². The molecule has 0 aromatic heterocycles. The van der Waals surface area contributed by atoms with E-state index in [1.165, 1.54) is 14.2 Å². The minimum Gasteiger partial charge on any atom is -0.496 e. The number of alkyl halides is 3. The Bertz CT molecular complexity index is 1040. The van der Waals surface area contributed by atoms with Gasteiger partial charge in [0, 0.05) is 11.0 Å². The average molecular weight is 463 g/mol. The predicted molar refractivity (Wildman–Crippen MR) is 112 cm³/mol. The van der Waals surface area contributed by atoms with Gasteiger partial charge in [0.1, 0.15) is 11.5 Å². The standard InChI is InChI=1S/C22H29F3O5S/c1-12(2)15-14(28-6)11-13-16(17(15)29-7)18(30-31(26,27)22(23,24)25)19-20(3,4)9-8-10-21(13,19)5/h11-12H,8-10H2,1-7H3/t21-/m1/s1. The van der Waals surface area contributed by atoms with Crippen LogP contribution < -0.4 is 9.47 Å². The first-order valence-corrected chi connectivity index (χ1v) is 11.6. The van der Waals surface area contributed by atoms with Gasteiger partial charge in [0.05, 0.1) is 19.8 Å². The number of fused-ring (bicyclic) bond motifs is 3. The summed E-state index contributed by atoms with van der Waals surface area (Å²) in [7, 11) is -2.93. The third-order valence-electron chi connectivity index (χ3n) is 6.52. The van der Waals surface area contributed by atoms with Gasteiger partial charge in [-0.15, -0.1) is 0 Å². The smallest absolute Gasteiger partial charge is 0.496 e. The molecule has 0 N–H and O–H groups in total. The van der Waals surface area contributed by atoms with E-state index in [0.717, 1.165) is 6.42 Å². The molecular weight excluding hydrogens is 433 g/mol. The molecule has 0 aliphatic heterocycles. The Morgan fingerprint density at radius 1 is 1.06 bits per heavy atom. The minimum absolute atomic E-state index is 0.0934. The third kappa shape index (κ3) is 3.49. The van der Waals surface area contributed by atoms with E-state index in [1.807, 2.05) is 34.6 Å². The van der Waals surface area contributed by atoms with Gasteiger partial charge in [-0.1, -0.05) is 41.0 Å². The first-order valence-electron chi connectivity index (χ1n) is 10.2. The number of benzene rings is 1. The van der Waals surface area contributed by atoms with Gasteiger partial charge >= 0.3 is 15.6 Å². The van der Waals surface area contributed by atoms with Gasteiger partial charge in [0.15, 0.2) is 5.76 Å². The van der Waals surface area contributed by atoms with Crippen molar-refractivity contribution in [1.82, 2.24) is 0 Å². The van der Waals surface area contributed by atoms with Gasteiger partial charge < -0.3 is 13.7 Å². The lowest BCUT2D eigenvalue weighted by molar-refractivity contribution is -0.0510. The SMILES string of the molecule is COc1cc2c(c(OC)c1C(C)C)C(OS(=O)(=O)C(F)(F)F)=C1C(C)(C)CCC[C@@]12C. The lowest BCUT2D eigenvalue weighted by atomic mass is 9.60. The number of ether oxygens (including phenoxy) is 2. The summed E-state index contributed by atoms with van der Waals surface area (Å²) >= 11 is 0. The van der Waals surface area contributed by atoms with E-state index >= 15 is 0 Å². The summed E-state index contributed by atoms with van der Waals surface area (Å²) in [6.07, 6.45) is 2.18. The number of halogens is 3. The zero-order valence-corrected chi connectivity index (χ0v) is 19.7. The molecular formula is C22H29F3O5S. The van der Waals surface area contributed by atoms with Crippen LogP contribution in [0.1, 0.15) is 76.5 Å². The van der Waals surface area contributed by atoms with Crippen LogP contribution in [0.15, 0.2) is 11.6 Å². The maximum Gasteiger partial charge on any atom is 0.534 e. The van der Waals surface area contributed by atoms with E-state index in [1.54, 1.807) is 6.07 Å². The van der Waals surface area contributed by atoms with E-state index in [2.05, 4.69) is 0 Å². The molecule has 2 aliphatic rings. The van der Waals surface area contributed by atoms with Crippen molar-refractivity contribution in [3.05, 3.63) is 28.3 Å². The lowest BCUT2D eigenvalue weighted by Gasteiger charge is -2.43. The van der Waals surface area contributed by atoms with Crippen molar-refractivity contribution in [3.8, 4) is 11.5 Å². The Kier molecular flexibility index (Phi) is 5.61. The van der Waals surface area contributed by atoms with Crippen molar-refractivity contribution < 1.29 is 35.2 Å². The fourth-order valence-corrected chi connectivity index (χ4v) is 5.79. The maximum atomic E-state index is 13.3. The van der Waals surface area contributed by atoms with Crippen LogP contribution in [0.4, 0.5) is 13.2 Å². The molecule has 1 fully saturated rings. The molecule has 1 saturated carbocycles. The topological polar surface area (TPSA) is 61.8 Å². The van der Waals surface area contributed by atoms with Crippen molar-refractivity contribution in [2.75, 3.05) is 14.2 Å². The van der Waals surface area contributed by atoms with Crippen molar-refractivity contribution in [3.63, 3.8) is 0 Å². The van der Waals surface area contributed by atoms with Crippen molar-refractivity contribution in [2.24, 2.45) is 5.41 Å². The quantitative estimate of drug-likeness (QED) is 0.404. The predicted octanol–water partition coefficient (Wildman–Crippen LogP) is 5.89. The highest BCUT2D eigenvalue weighted by molar-refractivity contribution is 7.87. The molecule has 3 rings (SSSR count). The molecule has 0 radical (unpaired) electrons. The van der Waals surface area contributed by atoms with Crippen LogP contribution in [0.3, 0.4) is 0 Å². The van der Waals surface area contributed by atoms with Crippen molar-refractivity contribution in [1.29, 1.82) is 0 Å². The average Bonchev–Trinajstić information content (AvgIpc) is 2.87. The number of methoxy groups -OCH3 is 2. The summed E-state index contributed by atoms with van der Waals surface area (Å²) in [5.74, 6) is 0.482. The molecule has 9 heteroatoms. The van der Waals surface area contributed by atoms with Crippen LogP contribution in [0.2, 0.25) is 0 Å². The van der Waals surface area contributed by atoms with Gasteiger partial charge in [-0.3, -0.25) is 0 Å². The van der Waals surface area contributed by atoms with Crippen LogP contribution in [0.25, 0.3) is 5.76 Å². The van der Waals surface area contributed by atoms with Gasteiger partial charge in [-0.25, -0.2) is 0 Å². The highest BCUT2D eigenvalue weighted by atomic mass is 32.2. The molecule has 0 unspecified atom stereocenters. The molecule has 1 aromatic rings. The Balaban J connectivity index is 2.46. The molecule has 31 heavy (non-hydrogen) atoms. The van der Waals surface area contributed by atoms with Gasteiger partial charge in [0.2, 0.25) is 0 Å². The van der Waals surface area contributed by atoms with E-state index in [-0.39, 0.29) is 23.0 Å². The van der Waals surface area contributed by atoms with E-state index in [0.29, 0.717) is 35.3 Å². The maximum absolute atomic E-state index is 13.3. The molecule has 1 aromatic carbocycles. The summed E-state index contributed by atoms with van der Waals surface area (Å²) in [5, 5.41) is 0. The van der Waals surface area contributed by atoms with Crippen LogP contribution in [0.5, 0.6) is 11.5 Å². The Morgan fingerprint density at radius 2 is 1.68 bits per heavy atom. The first-order chi connectivity index (χ1) is 14.1. The van der Waals surface area contributed by atoms with E-state index in [9.17, 15) is 21.6 Å². The molecule has 0 bridgehead atoms. The van der Waals surface area contributed by atoms with Crippen LogP contribution in [-0.4, -0.2) is 28.1 Å². The molecule has 2 aliphatic carbocycles. The third-order valence-corrected chi connectivity index (χ3v) is 7.47. The molecule has 0 amide bonds. The summed E-state index contributed by atoms with van der Waals surface area (Å²) in [5.41, 5.74) is -4.68. The normalized spacial score (nSPS) is 22.9. The molecule has 1 atom stereocenters.